The number of H-pyrrole nitrogens is 1. The number of hydrogen-bond donors (Lipinski definition) is 2. The molecule has 0 saturated heterocycles. The number of benzene rings is 1. The minimum atomic E-state index is 0.0497. The summed E-state index contributed by atoms with van der Waals surface area (Å²) in [5.74, 6) is 1.08. The first-order valence-corrected chi connectivity index (χ1v) is 10.6. The molecule has 8 heteroatoms. The third kappa shape index (κ3) is 2.16. The molecule has 8 nitrogen and oxygen atoms in total. The molecule has 2 N–H and O–H groups in total. The molecule has 30 heavy (non-hydrogen) atoms. The zero-order chi connectivity index (χ0) is 19.8. The largest absolute Gasteiger partial charge is 0.424 e. The van der Waals surface area contributed by atoms with Crippen LogP contribution in [0.5, 0.6) is 0 Å². The highest BCUT2D eigenvalue weighted by molar-refractivity contribution is 5.75. The molecular weight excluding hydrogens is 378 g/mol. The van der Waals surface area contributed by atoms with Gasteiger partial charge in [0.25, 0.3) is 6.01 Å². The van der Waals surface area contributed by atoms with E-state index in [1.54, 1.807) is 6.20 Å². The molecule has 4 heterocycles. The highest BCUT2D eigenvalue weighted by Gasteiger charge is 2.52. The lowest BCUT2D eigenvalue weighted by Gasteiger charge is -2.52. The molecule has 3 fully saturated rings. The molecule has 3 aliphatic carbocycles. The number of anilines is 1. The summed E-state index contributed by atoms with van der Waals surface area (Å²) < 4.78 is 8.15. The fourth-order valence-corrected chi connectivity index (χ4v) is 5.58. The van der Waals surface area contributed by atoms with Crippen LogP contribution in [0.25, 0.3) is 27.9 Å². The second-order valence-electron chi connectivity index (χ2n) is 8.86. The molecule has 2 bridgehead atoms. The Morgan fingerprint density at radius 2 is 1.83 bits per heavy atom. The maximum atomic E-state index is 5.95. The maximum absolute atomic E-state index is 5.95. The van der Waals surface area contributed by atoms with Crippen molar-refractivity contribution in [3.05, 3.63) is 48.5 Å². The van der Waals surface area contributed by atoms with Crippen molar-refractivity contribution in [3.8, 4) is 0 Å². The van der Waals surface area contributed by atoms with E-state index in [9.17, 15) is 0 Å². The van der Waals surface area contributed by atoms with Gasteiger partial charge in [0.2, 0.25) is 0 Å². The summed E-state index contributed by atoms with van der Waals surface area (Å²) in [4.78, 5) is 12.3. The van der Waals surface area contributed by atoms with Crippen molar-refractivity contribution in [1.82, 2.24) is 29.5 Å². The first-order chi connectivity index (χ1) is 14.7. The fourth-order valence-electron chi connectivity index (χ4n) is 5.58. The van der Waals surface area contributed by atoms with E-state index in [4.69, 9.17) is 4.42 Å². The Morgan fingerprint density at radius 1 is 1.00 bits per heavy atom. The third-order valence-electron chi connectivity index (χ3n) is 7.33. The Labute approximate surface area is 171 Å². The first-order valence-electron chi connectivity index (χ1n) is 10.6. The highest BCUT2D eigenvalue weighted by atomic mass is 16.4. The van der Waals surface area contributed by atoms with Gasteiger partial charge < -0.3 is 14.7 Å². The fraction of sp³-hybridized carbons (Fsp3) is 0.364. The van der Waals surface area contributed by atoms with Gasteiger partial charge in [0.15, 0.2) is 16.9 Å². The van der Waals surface area contributed by atoms with Gasteiger partial charge in [0, 0.05) is 17.2 Å². The lowest BCUT2D eigenvalue weighted by atomic mass is 9.57. The average molecular weight is 399 g/mol. The topological polar surface area (TPSA) is 96.9 Å². The van der Waals surface area contributed by atoms with E-state index < -0.39 is 0 Å². The number of nitrogens with zero attached hydrogens (tertiary/aromatic N) is 5. The molecule has 0 spiro atoms. The van der Waals surface area contributed by atoms with Gasteiger partial charge in [-0.05, 0) is 56.7 Å². The Hall–Kier alpha value is -3.42. The summed E-state index contributed by atoms with van der Waals surface area (Å²) in [5.41, 5.74) is 4.59. The second-order valence-corrected chi connectivity index (χ2v) is 8.86. The van der Waals surface area contributed by atoms with Gasteiger partial charge in [-0.15, -0.1) is 10.2 Å². The maximum Gasteiger partial charge on any atom is 0.296 e. The van der Waals surface area contributed by atoms with E-state index in [2.05, 4.69) is 40.9 Å². The number of para-hydroxylation sites is 2. The number of oxazole rings is 1. The van der Waals surface area contributed by atoms with Crippen LogP contribution in [0.1, 0.15) is 44.3 Å². The molecule has 0 aliphatic heterocycles. The van der Waals surface area contributed by atoms with Crippen molar-refractivity contribution in [1.29, 1.82) is 0 Å². The van der Waals surface area contributed by atoms with Crippen LogP contribution in [0.2, 0.25) is 0 Å². The van der Waals surface area contributed by atoms with Gasteiger partial charge in [0.05, 0.1) is 11.7 Å². The van der Waals surface area contributed by atoms with Gasteiger partial charge in [-0.2, -0.15) is 4.98 Å². The van der Waals surface area contributed by atoms with Crippen LogP contribution >= 0.6 is 0 Å². The zero-order valence-electron chi connectivity index (χ0n) is 16.4. The van der Waals surface area contributed by atoms with Crippen molar-refractivity contribution < 1.29 is 4.42 Å². The van der Waals surface area contributed by atoms with Crippen LogP contribution in [0.15, 0.2) is 47.1 Å². The lowest BCUT2D eigenvalue weighted by molar-refractivity contribution is 0.112. The van der Waals surface area contributed by atoms with Crippen molar-refractivity contribution in [2.24, 2.45) is 0 Å². The van der Waals surface area contributed by atoms with Crippen molar-refractivity contribution >= 4 is 33.9 Å². The molecule has 0 amide bonds. The predicted octanol–water partition coefficient (Wildman–Crippen LogP) is 4.20. The Bertz CT molecular complexity index is 1350. The molecule has 3 saturated carbocycles. The van der Waals surface area contributed by atoms with Crippen LogP contribution in [0.4, 0.5) is 6.01 Å². The first kappa shape index (κ1) is 16.4. The zero-order valence-corrected chi connectivity index (χ0v) is 16.4. The molecule has 150 valence electrons. The van der Waals surface area contributed by atoms with Crippen LogP contribution in [0, 0.1) is 0 Å². The van der Waals surface area contributed by atoms with Crippen molar-refractivity contribution in [2.75, 3.05) is 5.32 Å². The lowest BCUT2D eigenvalue weighted by Crippen LogP contribution is -2.53. The number of aromatic nitrogens is 6. The molecule has 5 aromatic rings. The number of rotatable bonds is 3. The number of fused-ring (bicyclic) bond motifs is 7. The van der Waals surface area contributed by atoms with Crippen LogP contribution in [-0.4, -0.2) is 35.1 Å². The highest BCUT2D eigenvalue weighted by Crippen LogP contribution is 2.54. The number of nitrogens with one attached hydrogen (secondary N) is 2. The van der Waals surface area contributed by atoms with Gasteiger partial charge >= 0.3 is 0 Å². The van der Waals surface area contributed by atoms with E-state index in [0.717, 1.165) is 72.3 Å². The third-order valence-corrected chi connectivity index (χ3v) is 7.33. The average Bonchev–Trinajstić information content (AvgIpc) is 3.51. The molecule has 4 aromatic heterocycles. The Kier molecular flexibility index (Phi) is 3.05. The van der Waals surface area contributed by atoms with Gasteiger partial charge in [-0.1, -0.05) is 12.1 Å². The number of hydrogen-bond acceptors (Lipinski definition) is 6. The summed E-state index contributed by atoms with van der Waals surface area (Å²) >= 11 is 0. The summed E-state index contributed by atoms with van der Waals surface area (Å²) in [6.45, 7) is 0. The SMILES string of the molecule is c1ccc2oc(NC34CCC(c5nnc6cnc7[nH]ccc7n56)(CC3)CC4)nc2c1. The molecule has 3 aliphatic rings. The van der Waals surface area contributed by atoms with Gasteiger partial charge in [-0.25, -0.2) is 4.98 Å². The number of aromatic amines is 1. The molecule has 0 atom stereocenters. The minimum absolute atomic E-state index is 0.0497. The second kappa shape index (κ2) is 5.59. The summed E-state index contributed by atoms with van der Waals surface area (Å²) in [6, 6.07) is 10.6. The van der Waals surface area contributed by atoms with E-state index in [0.29, 0.717) is 6.01 Å². The van der Waals surface area contributed by atoms with Crippen molar-refractivity contribution in [3.63, 3.8) is 0 Å². The van der Waals surface area contributed by atoms with E-state index in [-0.39, 0.29) is 11.0 Å². The Morgan fingerprint density at radius 3 is 2.67 bits per heavy atom. The summed E-state index contributed by atoms with van der Waals surface area (Å²) in [5, 5.41) is 12.8. The quantitative estimate of drug-likeness (QED) is 0.472. The Balaban J connectivity index is 1.22. The smallest absolute Gasteiger partial charge is 0.296 e. The molecule has 1 aromatic carbocycles. The van der Waals surface area contributed by atoms with Crippen molar-refractivity contribution in [2.45, 2.75) is 49.5 Å². The summed E-state index contributed by atoms with van der Waals surface area (Å²) in [6.07, 6.45) is 10.2. The molecular formula is C22H21N7O. The normalized spacial score (nSPS) is 26.1. The van der Waals surface area contributed by atoms with Gasteiger partial charge in [-0.3, -0.25) is 4.40 Å². The van der Waals surface area contributed by atoms with E-state index >= 15 is 0 Å². The molecule has 0 radical (unpaired) electrons. The van der Waals surface area contributed by atoms with E-state index in [1.807, 2.05) is 30.5 Å². The molecule has 8 rings (SSSR count). The van der Waals surface area contributed by atoms with Gasteiger partial charge in [0.1, 0.15) is 11.3 Å². The summed E-state index contributed by atoms with van der Waals surface area (Å²) in [7, 11) is 0. The van der Waals surface area contributed by atoms with E-state index in [1.165, 1.54) is 0 Å². The van der Waals surface area contributed by atoms with Crippen LogP contribution < -0.4 is 5.32 Å². The monoisotopic (exact) mass is 399 g/mol. The molecule has 0 unspecified atom stereocenters. The standard InChI is InChI=1S/C22H21N7O/c1-2-4-16-14(3-1)25-20(30-16)26-22-9-6-21(7-10-22,8-11-22)19-28-27-17-13-24-18-15(29(17)19)5-12-23-18/h1-5,12-13,23H,6-11H2,(H,25,26). The van der Waals surface area contributed by atoms with Crippen LogP contribution in [-0.2, 0) is 5.41 Å². The van der Waals surface area contributed by atoms with Crippen LogP contribution in [0.3, 0.4) is 0 Å². The minimum Gasteiger partial charge on any atom is -0.424 e. The predicted molar refractivity (Wildman–Crippen MR) is 112 cm³/mol.